The van der Waals surface area contributed by atoms with Gasteiger partial charge in [-0.1, -0.05) is 34.1 Å². The van der Waals surface area contributed by atoms with Crippen molar-refractivity contribution in [2.45, 2.75) is 19.0 Å². The third-order valence-electron chi connectivity index (χ3n) is 5.38. The first-order valence-electron chi connectivity index (χ1n) is 9.02. The first kappa shape index (κ1) is 18.9. The van der Waals surface area contributed by atoms with Gasteiger partial charge in [0.2, 0.25) is 5.78 Å². The Morgan fingerprint density at radius 3 is 2.70 bits per heavy atom. The van der Waals surface area contributed by atoms with Crippen molar-refractivity contribution in [3.63, 3.8) is 0 Å². The van der Waals surface area contributed by atoms with Crippen LogP contribution in [0.3, 0.4) is 0 Å². The zero-order valence-corrected chi connectivity index (χ0v) is 18.3. The molecule has 1 fully saturated rings. The molecule has 9 nitrogen and oxygen atoms in total. The zero-order valence-electron chi connectivity index (χ0n) is 15.9. The summed E-state index contributed by atoms with van der Waals surface area (Å²) >= 11 is 4.78. The van der Waals surface area contributed by atoms with Gasteiger partial charge in [-0.25, -0.2) is 4.79 Å². The van der Waals surface area contributed by atoms with Gasteiger partial charge < -0.3 is 5.32 Å². The van der Waals surface area contributed by atoms with Gasteiger partial charge in [0.25, 0.3) is 11.5 Å². The smallest absolute Gasteiger partial charge is 0.319 e. The molecule has 0 spiro atoms. The molecule has 30 heavy (non-hydrogen) atoms. The molecule has 4 aromatic rings. The highest BCUT2D eigenvalue weighted by Crippen LogP contribution is 2.34. The van der Waals surface area contributed by atoms with E-state index in [4.69, 9.17) is 0 Å². The van der Waals surface area contributed by atoms with E-state index in [2.05, 4.69) is 31.4 Å². The zero-order chi connectivity index (χ0) is 21.2. The number of fused-ring (bicyclic) bond motifs is 3. The lowest BCUT2D eigenvalue weighted by Gasteiger charge is -2.23. The molecule has 1 aliphatic rings. The van der Waals surface area contributed by atoms with Crippen molar-refractivity contribution in [2.24, 2.45) is 7.05 Å². The minimum atomic E-state index is -1.21. The molecule has 0 saturated carbocycles. The maximum Gasteiger partial charge on any atom is 0.325 e. The topological polar surface area (TPSA) is 102 Å². The second kappa shape index (κ2) is 6.47. The summed E-state index contributed by atoms with van der Waals surface area (Å²) in [5.41, 5.74) is -0.0522. The number of carbonyl (C=O) groups is 2. The number of rotatable bonds is 3. The SMILES string of the molecule is Cn1c(=O)c2sccc2n2c(CN3C(=O)NC(C)(c4ccccc4Br)C3=O)nnc12. The van der Waals surface area contributed by atoms with Gasteiger partial charge in [-0.15, -0.1) is 21.5 Å². The number of thiophene rings is 1. The van der Waals surface area contributed by atoms with E-state index in [9.17, 15) is 14.4 Å². The lowest BCUT2D eigenvalue weighted by atomic mass is 9.92. The Morgan fingerprint density at radius 1 is 1.17 bits per heavy atom. The summed E-state index contributed by atoms with van der Waals surface area (Å²) in [4.78, 5) is 39.7. The Kier molecular flexibility index (Phi) is 4.09. The van der Waals surface area contributed by atoms with Gasteiger partial charge in [0.05, 0.1) is 12.1 Å². The predicted molar refractivity (Wildman–Crippen MR) is 114 cm³/mol. The molecule has 1 aromatic carbocycles. The molecule has 1 saturated heterocycles. The molecule has 1 atom stereocenters. The molecule has 1 unspecified atom stereocenters. The Bertz CT molecular complexity index is 1420. The van der Waals surface area contributed by atoms with Crippen LogP contribution < -0.4 is 10.9 Å². The lowest BCUT2D eigenvalue weighted by molar-refractivity contribution is -0.131. The maximum atomic E-state index is 13.3. The van der Waals surface area contributed by atoms with Crippen LogP contribution in [0.1, 0.15) is 18.3 Å². The molecule has 0 bridgehead atoms. The number of benzene rings is 1. The highest BCUT2D eigenvalue weighted by molar-refractivity contribution is 9.10. The molecule has 11 heteroatoms. The third-order valence-corrected chi connectivity index (χ3v) is 6.97. The largest absolute Gasteiger partial charge is 0.325 e. The second-order valence-corrected chi connectivity index (χ2v) is 8.95. The van der Waals surface area contributed by atoms with Crippen LogP contribution in [-0.4, -0.2) is 36.0 Å². The summed E-state index contributed by atoms with van der Waals surface area (Å²) < 4.78 is 4.40. The van der Waals surface area contributed by atoms with Crippen molar-refractivity contribution in [1.82, 2.24) is 29.4 Å². The number of hydrogen-bond donors (Lipinski definition) is 1. The highest BCUT2D eigenvalue weighted by Gasteiger charge is 2.50. The Morgan fingerprint density at radius 2 is 1.93 bits per heavy atom. The van der Waals surface area contributed by atoms with Crippen molar-refractivity contribution >= 4 is 55.2 Å². The van der Waals surface area contributed by atoms with Crippen LogP contribution in [0.2, 0.25) is 0 Å². The molecule has 0 radical (unpaired) electrons. The van der Waals surface area contributed by atoms with E-state index in [-0.39, 0.29) is 18.0 Å². The van der Waals surface area contributed by atoms with Crippen LogP contribution in [0.15, 0.2) is 45.0 Å². The standard InChI is InChI=1S/C19H15BrN6O3S/c1-19(10-5-3-4-6-11(10)20)16(28)25(18(29)21-19)9-13-22-23-17-24(2)15(27)14-12(26(13)17)7-8-30-14/h3-8H,9H2,1-2H3,(H,21,29). The summed E-state index contributed by atoms with van der Waals surface area (Å²) in [5, 5.41) is 12.9. The summed E-state index contributed by atoms with van der Waals surface area (Å²) in [6.45, 7) is 1.60. The van der Waals surface area contributed by atoms with Gasteiger partial charge in [0.1, 0.15) is 10.2 Å². The van der Waals surface area contributed by atoms with Gasteiger partial charge in [-0.3, -0.25) is 23.5 Å². The monoisotopic (exact) mass is 486 g/mol. The van der Waals surface area contributed by atoms with Gasteiger partial charge >= 0.3 is 6.03 Å². The molecule has 0 aliphatic carbocycles. The van der Waals surface area contributed by atoms with Crippen molar-refractivity contribution in [1.29, 1.82) is 0 Å². The number of aromatic nitrogens is 4. The summed E-state index contributed by atoms with van der Waals surface area (Å²) in [7, 11) is 1.62. The third kappa shape index (κ3) is 2.48. The normalized spacial score (nSPS) is 19.2. The maximum absolute atomic E-state index is 13.3. The van der Waals surface area contributed by atoms with Gasteiger partial charge in [-0.2, -0.15) is 0 Å². The molecule has 1 N–H and O–H groups in total. The van der Waals surface area contributed by atoms with Crippen LogP contribution >= 0.6 is 27.3 Å². The molecular weight excluding hydrogens is 472 g/mol. The Hall–Kier alpha value is -3.05. The molecule has 1 aliphatic heterocycles. The van der Waals surface area contributed by atoms with E-state index in [1.54, 1.807) is 30.5 Å². The van der Waals surface area contributed by atoms with Crippen LogP contribution in [0, 0.1) is 0 Å². The van der Waals surface area contributed by atoms with Gasteiger partial charge in [-0.05, 0) is 24.4 Å². The molecule has 3 amide bonds. The van der Waals surface area contributed by atoms with Gasteiger partial charge in [0.15, 0.2) is 5.82 Å². The first-order valence-corrected chi connectivity index (χ1v) is 10.7. The number of aryl methyl sites for hydroxylation is 1. The second-order valence-electron chi connectivity index (χ2n) is 7.18. The van der Waals surface area contributed by atoms with E-state index in [0.29, 0.717) is 27.4 Å². The fourth-order valence-corrected chi connectivity index (χ4v) is 5.32. The van der Waals surface area contributed by atoms with E-state index in [1.807, 2.05) is 23.6 Å². The minimum Gasteiger partial charge on any atom is -0.319 e. The van der Waals surface area contributed by atoms with E-state index >= 15 is 0 Å². The van der Waals surface area contributed by atoms with Crippen molar-refractivity contribution in [3.05, 3.63) is 61.9 Å². The quantitative estimate of drug-likeness (QED) is 0.448. The highest BCUT2D eigenvalue weighted by atomic mass is 79.9. The number of nitrogens with one attached hydrogen (secondary N) is 1. The van der Waals surface area contributed by atoms with E-state index in [0.717, 1.165) is 9.37 Å². The van der Waals surface area contributed by atoms with E-state index < -0.39 is 11.6 Å². The first-order chi connectivity index (χ1) is 14.3. The molecule has 5 rings (SSSR count). The van der Waals surface area contributed by atoms with Crippen LogP contribution in [0.25, 0.3) is 16.0 Å². The number of nitrogens with zero attached hydrogens (tertiary/aromatic N) is 5. The lowest BCUT2D eigenvalue weighted by Crippen LogP contribution is -2.41. The Labute approximate surface area is 182 Å². The Balaban J connectivity index is 1.60. The number of hydrogen-bond acceptors (Lipinski definition) is 6. The van der Waals surface area contributed by atoms with Crippen LogP contribution in [-0.2, 0) is 23.9 Å². The fraction of sp³-hybridized carbons (Fsp3) is 0.211. The van der Waals surface area contributed by atoms with Crippen LogP contribution in [0.5, 0.6) is 0 Å². The molecular formula is C19H15BrN6O3S. The number of imide groups is 1. The molecule has 3 aromatic heterocycles. The number of urea groups is 1. The molecule has 152 valence electrons. The fourth-order valence-electron chi connectivity index (χ4n) is 3.79. The summed E-state index contributed by atoms with van der Waals surface area (Å²) in [5.74, 6) is 0.355. The van der Waals surface area contributed by atoms with E-state index in [1.165, 1.54) is 15.9 Å². The summed E-state index contributed by atoms with van der Waals surface area (Å²) in [6.07, 6.45) is 0. The predicted octanol–water partition coefficient (Wildman–Crippen LogP) is 2.37. The average Bonchev–Trinajstić information content (AvgIpc) is 3.41. The number of carbonyl (C=O) groups excluding carboxylic acids is 2. The average molecular weight is 487 g/mol. The van der Waals surface area contributed by atoms with Crippen LogP contribution in [0.4, 0.5) is 4.79 Å². The summed E-state index contributed by atoms with van der Waals surface area (Å²) in [6, 6.07) is 8.56. The molecule has 4 heterocycles. The number of halogens is 1. The van der Waals surface area contributed by atoms with Crippen molar-refractivity contribution in [3.8, 4) is 0 Å². The van der Waals surface area contributed by atoms with Crippen molar-refractivity contribution in [2.75, 3.05) is 0 Å². The number of amides is 3. The van der Waals surface area contributed by atoms with Gasteiger partial charge in [0, 0.05) is 17.1 Å². The van der Waals surface area contributed by atoms with Crippen molar-refractivity contribution < 1.29 is 9.59 Å². The minimum absolute atomic E-state index is 0.0744.